The average Bonchev–Trinajstić information content (AvgIpc) is 2.89. The van der Waals surface area contributed by atoms with Gasteiger partial charge in [0, 0.05) is 18.2 Å². The van der Waals surface area contributed by atoms with E-state index in [0.29, 0.717) is 10.2 Å². The minimum atomic E-state index is -0.801. The second-order valence-corrected chi connectivity index (χ2v) is 5.60. The zero-order chi connectivity index (χ0) is 15.7. The SMILES string of the molecule is O=c1[nH]c(=S)c(-c2ccccc2)cn1[C@@H]1C[C@@H](O)[C@H](CO)O1. The number of aliphatic hydroxyl groups excluding tert-OH is 2. The third-order valence-electron chi connectivity index (χ3n) is 3.75. The summed E-state index contributed by atoms with van der Waals surface area (Å²) in [7, 11) is 0. The number of ether oxygens (including phenoxy) is 1. The highest BCUT2D eigenvalue weighted by Crippen LogP contribution is 2.28. The number of aliphatic hydroxyl groups is 2. The van der Waals surface area contributed by atoms with Crippen molar-refractivity contribution >= 4 is 12.2 Å². The first-order valence-corrected chi connectivity index (χ1v) is 7.36. The molecular formula is C15H16N2O4S. The monoisotopic (exact) mass is 320 g/mol. The lowest BCUT2D eigenvalue weighted by molar-refractivity contribution is -0.0458. The first-order chi connectivity index (χ1) is 10.6. The predicted molar refractivity (Wildman–Crippen MR) is 82.9 cm³/mol. The highest BCUT2D eigenvalue weighted by Gasteiger charge is 2.35. The molecule has 3 rings (SSSR count). The maximum absolute atomic E-state index is 12.1. The normalized spacial score (nSPS) is 24.5. The Bertz CT molecular complexity index is 771. The molecular weight excluding hydrogens is 304 g/mol. The summed E-state index contributed by atoms with van der Waals surface area (Å²) in [6.07, 6.45) is -0.239. The third kappa shape index (κ3) is 2.76. The largest absolute Gasteiger partial charge is 0.394 e. The summed E-state index contributed by atoms with van der Waals surface area (Å²) in [6, 6.07) is 9.46. The van der Waals surface area contributed by atoms with Crippen molar-refractivity contribution in [3.05, 3.63) is 51.7 Å². The molecule has 1 aromatic carbocycles. The number of hydrogen-bond acceptors (Lipinski definition) is 5. The highest BCUT2D eigenvalue weighted by atomic mass is 32.1. The van der Waals surface area contributed by atoms with Gasteiger partial charge in [0.25, 0.3) is 0 Å². The van der Waals surface area contributed by atoms with Crippen molar-refractivity contribution in [1.82, 2.24) is 9.55 Å². The predicted octanol–water partition coefficient (Wildman–Crippen LogP) is 1.21. The summed E-state index contributed by atoms with van der Waals surface area (Å²) >= 11 is 5.23. The maximum atomic E-state index is 12.1. The topological polar surface area (TPSA) is 87.5 Å². The van der Waals surface area contributed by atoms with Crippen LogP contribution in [0.1, 0.15) is 12.6 Å². The molecule has 3 atom stereocenters. The van der Waals surface area contributed by atoms with Gasteiger partial charge in [0.1, 0.15) is 17.0 Å². The van der Waals surface area contributed by atoms with Crippen LogP contribution in [0, 0.1) is 4.64 Å². The fourth-order valence-electron chi connectivity index (χ4n) is 2.57. The molecule has 0 amide bonds. The van der Waals surface area contributed by atoms with Gasteiger partial charge < -0.3 is 14.9 Å². The molecule has 2 aromatic rings. The summed E-state index contributed by atoms with van der Waals surface area (Å²) < 4.78 is 7.25. The Morgan fingerprint density at radius 3 is 2.73 bits per heavy atom. The second kappa shape index (κ2) is 6.13. The molecule has 2 heterocycles. The Balaban J connectivity index is 2.03. The van der Waals surface area contributed by atoms with Crippen LogP contribution >= 0.6 is 12.2 Å². The minimum absolute atomic E-state index is 0.240. The molecule has 0 saturated carbocycles. The summed E-state index contributed by atoms with van der Waals surface area (Å²) in [5.41, 5.74) is 1.19. The van der Waals surface area contributed by atoms with Crippen molar-refractivity contribution in [2.24, 2.45) is 0 Å². The zero-order valence-electron chi connectivity index (χ0n) is 11.7. The number of H-pyrrole nitrogens is 1. The molecule has 1 aromatic heterocycles. The van der Waals surface area contributed by atoms with E-state index < -0.39 is 24.1 Å². The first kappa shape index (κ1) is 15.1. The van der Waals surface area contributed by atoms with E-state index in [4.69, 9.17) is 22.1 Å². The van der Waals surface area contributed by atoms with Crippen LogP contribution in [0.4, 0.5) is 0 Å². The van der Waals surface area contributed by atoms with Gasteiger partial charge in [-0.2, -0.15) is 0 Å². The Kier molecular flexibility index (Phi) is 4.21. The van der Waals surface area contributed by atoms with Gasteiger partial charge in [0.2, 0.25) is 0 Å². The quantitative estimate of drug-likeness (QED) is 0.740. The highest BCUT2D eigenvalue weighted by molar-refractivity contribution is 7.71. The van der Waals surface area contributed by atoms with E-state index in [2.05, 4.69) is 4.98 Å². The summed E-state index contributed by atoms with van der Waals surface area (Å²) in [5, 5.41) is 19.0. The van der Waals surface area contributed by atoms with Crippen LogP contribution in [0.25, 0.3) is 11.1 Å². The Morgan fingerprint density at radius 2 is 2.09 bits per heavy atom. The van der Waals surface area contributed by atoms with E-state index in [1.165, 1.54) is 4.57 Å². The number of nitrogens with one attached hydrogen (secondary N) is 1. The molecule has 1 aliphatic rings. The summed E-state index contributed by atoms with van der Waals surface area (Å²) in [4.78, 5) is 14.8. The van der Waals surface area contributed by atoms with Crippen LogP contribution in [0.2, 0.25) is 0 Å². The number of aromatic nitrogens is 2. The lowest BCUT2D eigenvalue weighted by Gasteiger charge is -2.15. The van der Waals surface area contributed by atoms with Gasteiger partial charge in [-0.05, 0) is 5.56 Å². The minimum Gasteiger partial charge on any atom is -0.394 e. The maximum Gasteiger partial charge on any atom is 0.328 e. The smallest absolute Gasteiger partial charge is 0.328 e. The van der Waals surface area contributed by atoms with E-state index in [-0.39, 0.29) is 13.0 Å². The third-order valence-corrected chi connectivity index (χ3v) is 4.07. The van der Waals surface area contributed by atoms with E-state index in [0.717, 1.165) is 5.56 Å². The fourth-order valence-corrected chi connectivity index (χ4v) is 2.83. The van der Waals surface area contributed by atoms with Crippen LogP contribution in [-0.4, -0.2) is 38.6 Å². The van der Waals surface area contributed by atoms with Crippen LogP contribution in [0.3, 0.4) is 0 Å². The lowest BCUT2D eigenvalue weighted by Crippen LogP contribution is -2.28. The molecule has 0 bridgehead atoms. The van der Waals surface area contributed by atoms with Gasteiger partial charge in [0.15, 0.2) is 0 Å². The van der Waals surface area contributed by atoms with Crippen molar-refractivity contribution in [3.63, 3.8) is 0 Å². The standard InChI is InChI=1S/C15H16N2O4S/c18-8-12-11(19)6-13(21-12)17-7-10(14(22)16-15(17)20)9-4-2-1-3-5-9/h1-5,7,11-13,18-19H,6,8H2,(H,16,20,22)/t11-,12+,13+/m1/s1. The number of aromatic amines is 1. The average molecular weight is 320 g/mol. The molecule has 1 fully saturated rings. The molecule has 22 heavy (non-hydrogen) atoms. The molecule has 116 valence electrons. The molecule has 3 N–H and O–H groups in total. The fraction of sp³-hybridized carbons (Fsp3) is 0.333. The number of nitrogens with zero attached hydrogens (tertiary/aromatic N) is 1. The van der Waals surface area contributed by atoms with E-state index >= 15 is 0 Å². The lowest BCUT2D eigenvalue weighted by atomic mass is 10.1. The van der Waals surface area contributed by atoms with E-state index in [1.54, 1.807) is 6.20 Å². The van der Waals surface area contributed by atoms with Crippen molar-refractivity contribution in [3.8, 4) is 11.1 Å². The van der Waals surface area contributed by atoms with Gasteiger partial charge in [-0.25, -0.2) is 4.79 Å². The molecule has 1 saturated heterocycles. The molecule has 0 unspecified atom stereocenters. The van der Waals surface area contributed by atoms with Crippen LogP contribution in [-0.2, 0) is 4.74 Å². The van der Waals surface area contributed by atoms with Crippen molar-refractivity contribution in [2.45, 2.75) is 24.9 Å². The molecule has 7 heteroatoms. The molecule has 0 aliphatic carbocycles. The zero-order valence-corrected chi connectivity index (χ0v) is 12.5. The van der Waals surface area contributed by atoms with Crippen molar-refractivity contribution < 1.29 is 14.9 Å². The van der Waals surface area contributed by atoms with Gasteiger partial charge in [-0.1, -0.05) is 42.5 Å². The Labute approximate surface area is 131 Å². The number of rotatable bonds is 3. The molecule has 0 radical (unpaired) electrons. The van der Waals surface area contributed by atoms with Gasteiger partial charge >= 0.3 is 5.69 Å². The Hall–Kier alpha value is -1.80. The van der Waals surface area contributed by atoms with Gasteiger partial charge in [-0.3, -0.25) is 9.55 Å². The second-order valence-electron chi connectivity index (χ2n) is 5.19. The van der Waals surface area contributed by atoms with Crippen LogP contribution in [0.15, 0.2) is 41.3 Å². The van der Waals surface area contributed by atoms with Crippen LogP contribution in [0.5, 0.6) is 0 Å². The number of hydrogen-bond donors (Lipinski definition) is 3. The van der Waals surface area contributed by atoms with Crippen LogP contribution < -0.4 is 5.69 Å². The van der Waals surface area contributed by atoms with Crippen molar-refractivity contribution in [2.75, 3.05) is 6.61 Å². The van der Waals surface area contributed by atoms with E-state index in [1.807, 2.05) is 30.3 Å². The molecule has 1 aliphatic heterocycles. The summed E-state index contributed by atoms with van der Waals surface area (Å²) in [6.45, 7) is -0.291. The summed E-state index contributed by atoms with van der Waals surface area (Å²) in [5.74, 6) is 0. The molecule has 0 spiro atoms. The molecule has 6 nitrogen and oxygen atoms in total. The van der Waals surface area contributed by atoms with E-state index in [9.17, 15) is 9.90 Å². The van der Waals surface area contributed by atoms with Crippen molar-refractivity contribution in [1.29, 1.82) is 0 Å². The van der Waals surface area contributed by atoms with Gasteiger partial charge in [-0.15, -0.1) is 0 Å². The van der Waals surface area contributed by atoms with Gasteiger partial charge in [0.05, 0.1) is 12.7 Å². The Morgan fingerprint density at radius 1 is 1.36 bits per heavy atom. The first-order valence-electron chi connectivity index (χ1n) is 6.95. The number of benzene rings is 1.